The third kappa shape index (κ3) is 3.31. The zero-order chi connectivity index (χ0) is 15.6. The fourth-order valence-electron chi connectivity index (χ4n) is 2.62. The second kappa shape index (κ2) is 5.70. The van der Waals surface area contributed by atoms with Crippen LogP contribution in [-0.4, -0.2) is 41.5 Å². The number of hydrogen-bond acceptors (Lipinski definition) is 5. The van der Waals surface area contributed by atoms with Crippen LogP contribution in [0.1, 0.15) is 26.3 Å². The highest BCUT2D eigenvalue weighted by atomic mass is 16.6. The molecular weight excluding hydrogens is 268 g/mol. The van der Waals surface area contributed by atoms with Crippen molar-refractivity contribution < 1.29 is 4.92 Å². The molecule has 0 radical (unpaired) electrons. The first-order valence-corrected chi connectivity index (χ1v) is 7.01. The lowest BCUT2D eigenvalue weighted by atomic mass is 10.0. The molecule has 112 valence electrons. The number of rotatable bonds is 2. The number of piperazine rings is 1. The minimum Gasteiger partial charge on any atom is -0.368 e. The van der Waals surface area contributed by atoms with Gasteiger partial charge in [0.2, 0.25) is 0 Å². The van der Waals surface area contributed by atoms with Crippen LogP contribution in [0.25, 0.3) is 0 Å². The SMILES string of the molecule is CC(C)(C)N1CCN(c2ccc([N+](=O)[O-])cc2C#N)CC1. The molecule has 0 bridgehead atoms. The van der Waals surface area contributed by atoms with Gasteiger partial charge in [-0.3, -0.25) is 15.0 Å². The van der Waals surface area contributed by atoms with E-state index in [9.17, 15) is 15.4 Å². The first-order valence-electron chi connectivity index (χ1n) is 7.01. The summed E-state index contributed by atoms with van der Waals surface area (Å²) in [6, 6.07) is 6.57. The molecular formula is C15H20N4O2. The van der Waals surface area contributed by atoms with Gasteiger partial charge in [0.1, 0.15) is 6.07 Å². The van der Waals surface area contributed by atoms with Gasteiger partial charge in [0.05, 0.1) is 16.2 Å². The number of nitro groups is 1. The molecule has 1 aliphatic heterocycles. The minimum atomic E-state index is -0.470. The lowest BCUT2D eigenvalue weighted by molar-refractivity contribution is -0.384. The summed E-state index contributed by atoms with van der Waals surface area (Å²) < 4.78 is 0. The maximum atomic E-state index is 10.8. The Morgan fingerprint density at radius 3 is 2.33 bits per heavy atom. The van der Waals surface area contributed by atoms with Crippen molar-refractivity contribution in [3.63, 3.8) is 0 Å². The maximum absolute atomic E-state index is 10.8. The van der Waals surface area contributed by atoms with Crippen molar-refractivity contribution in [3.05, 3.63) is 33.9 Å². The van der Waals surface area contributed by atoms with Crippen LogP contribution in [0.5, 0.6) is 0 Å². The minimum absolute atomic E-state index is 0.0383. The van der Waals surface area contributed by atoms with E-state index in [1.54, 1.807) is 6.07 Å². The molecule has 0 amide bonds. The van der Waals surface area contributed by atoms with Crippen molar-refractivity contribution in [2.24, 2.45) is 0 Å². The zero-order valence-electron chi connectivity index (χ0n) is 12.7. The fraction of sp³-hybridized carbons (Fsp3) is 0.533. The van der Waals surface area contributed by atoms with Crippen molar-refractivity contribution in [3.8, 4) is 6.07 Å². The second-order valence-electron chi connectivity index (χ2n) is 6.22. The second-order valence-corrected chi connectivity index (χ2v) is 6.22. The summed E-state index contributed by atoms with van der Waals surface area (Å²) in [5.41, 5.74) is 1.26. The average Bonchev–Trinajstić information content (AvgIpc) is 2.45. The van der Waals surface area contributed by atoms with Crippen molar-refractivity contribution in [1.29, 1.82) is 5.26 Å². The van der Waals surface area contributed by atoms with Crippen LogP contribution in [0, 0.1) is 21.4 Å². The molecule has 1 aromatic carbocycles. The van der Waals surface area contributed by atoms with Gasteiger partial charge in [0.15, 0.2) is 0 Å². The van der Waals surface area contributed by atoms with E-state index in [2.05, 4.69) is 36.6 Å². The van der Waals surface area contributed by atoms with Crippen LogP contribution in [0.15, 0.2) is 18.2 Å². The molecule has 1 aromatic rings. The van der Waals surface area contributed by atoms with E-state index in [0.717, 1.165) is 31.9 Å². The third-order valence-corrected chi connectivity index (χ3v) is 3.88. The Kier molecular flexibility index (Phi) is 4.14. The summed E-state index contributed by atoms with van der Waals surface area (Å²) in [7, 11) is 0. The molecule has 2 rings (SSSR count). The lowest BCUT2D eigenvalue weighted by Gasteiger charge is -2.43. The fourth-order valence-corrected chi connectivity index (χ4v) is 2.62. The molecule has 6 nitrogen and oxygen atoms in total. The molecule has 0 unspecified atom stereocenters. The summed E-state index contributed by atoms with van der Waals surface area (Å²) >= 11 is 0. The lowest BCUT2D eigenvalue weighted by Crippen LogP contribution is -2.53. The van der Waals surface area contributed by atoms with Crippen LogP contribution < -0.4 is 4.90 Å². The van der Waals surface area contributed by atoms with Crippen molar-refractivity contribution in [2.45, 2.75) is 26.3 Å². The number of benzene rings is 1. The van der Waals surface area contributed by atoms with E-state index in [1.807, 2.05) is 0 Å². The largest absolute Gasteiger partial charge is 0.368 e. The predicted octanol–water partition coefficient (Wildman–Crippen LogP) is 2.39. The molecule has 0 aromatic heterocycles. The van der Waals surface area contributed by atoms with Gasteiger partial charge in [-0.15, -0.1) is 0 Å². The van der Waals surface area contributed by atoms with Crippen LogP contribution in [0.2, 0.25) is 0 Å². The van der Waals surface area contributed by atoms with Gasteiger partial charge in [-0.25, -0.2) is 0 Å². The molecule has 21 heavy (non-hydrogen) atoms. The molecule has 1 heterocycles. The Hall–Kier alpha value is -2.13. The van der Waals surface area contributed by atoms with Crippen LogP contribution in [0.4, 0.5) is 11.4 Å². The first kappa shape index (κ1) is 15.3. The predicted molar refractivity (Wildman–Crippen MR) is 81.4 cm³/mol. The van der Waals surface area contributed by atoms with E-state index in [-0.39, 0.29) is 11.2 Å². The normalized spacial score (nSPS) is 16.6. The zero-order valence-corrected chi connectivity index (χ0v) is 12.7. The molecule has 1 fully saturated rings. The molecule has 1 aliphatic rings. The van der Waals surface area contributed by atoms with E-state index >= 15 is 0 Å². The Bertz CT molecular complexity index is 578. The Labute approximate surface area is 124 Å². The molecule has 0 atom stereocenters. The topological polar surface area (TPSA) is 73.4 Å². The molecule has 1 saturated heterocycles. The first-order chi connectivity index (χ1) is 9.82. The summed E-state index contributed by atoms with van der Waals surface area (Å²) in [4.78, 5) is 14.8. The smallest absolute Gasteiger partial charge is 0.270 e. The third-order valence-electron chi connectivity index (χ3n) is 3.88. The summed E-state index contributed by atoms with van der Waals surface area (Å²) in [6.45, 7) is 10.1. The summed E-state index contributed by atoms with van der Waals surface area (Å²) in [5.74, 6) is 0. The summed E-state index contributed by atoms with van der Waals surface area (Å²) in [5, 5.41) is 20.0. The quantitative estimate of drug-likeness (QED) is 0.617. The summed E-state index contributed by atoms with van der Waals surface area (Å²) in [6.07, 6.45) is 0. The van der Waals surface area contributed by atoms with Crippen molar-refractivity contribution >= 4 is 11.4 Å². The highest BCUT2D eigenvalue weighted by Gasteiger charge is 2.27. The van der Waals surface area contributed by atoms with Crippen molar-refractivity contribution in [2.75, 3.05) is 31.1 Å². The Morgan fingerprint density at radius 1 is 1.24 bits per heavy atom. The number of nitrogens with zero attached hydrogens (tertiary/aromatic N) is 4. The van der Waals surface area contributed by atoms with Gasteiger partial charge in [-0.2, -0.15) is 5.26 Å². The van der Waals surface area contributed by atoms with E-state index in [4.69, 9.17) is 0 Å². The molecule has 0 saturated carbocycles. The van der Waals surface area contributed by atoms with Crippen molar-refractivity contribution in [1.82, 2.24) is 4.90 Å². The van der Waals surface area contributed by atoms with Crippen LogP contribution in [0.3, 0.4) is 0 Å². The van der Waals surface area contributed by atoms with E-state index < -0.39 is 4.92 Å². The van der Waals surface area contributed by atoms with Gasteiger partial charge in [-0.1, -0.05) is 0 Å². The highest BCUT2D eigenvalue weighted by molar-refractivity contribution is 5.63. The number of hydrogen-bond donors (Lipinski definition) is 0. The average molecular weight is 288 g/mol. The number of nitro benzene ring substituents is 1. The van der Waals surface area contributed by atoms with Crippen LogP contribution >= 0.6 is 0 Å². The van der Waals surface area contributed by atoms with E-state index in [0.29, 0.717) is 5.56 Å². The van der Waals surface area contributed by atoms with Gasteiger partial charge in [0.25, 0.3) is 5.69 Å². The number of non-ortho nitro benzene ring substituents is 1. The van der Waals surface area contributed by atoms with Gasteiger partial charge in [0, 0.05) is 43.9 Å². The van der Waals surface area contributed by atoms with E-state index in [1.165, 1.54) is 12.1 Å². The number of anilines is 1. The van der Waals surface area contributed by atoms with Gasteiger partial charge < -0.3 is 4.90 Å². The highest BCUT2D eigenvalue weighted by Crippen LogP contribution is 2.27. The monoisotopic (exact) mass is 288 g/mol. The van der Waals surface area contributed by atoms with Crippen LogP contribution in [-0.2, 0) is 0 Å². The molecule has 6 heteroatoms. The Balaban J connectivity index is 2.17. The van der Waals surface area contributed by atoms with Gasteiger partial charge >= 0.3 is 0 Å². The standard InChI is InChI=1S/C15H20N4O2/c1-15(2,3)18-8-6-17(7-9-18)14-5-4-13(19(20)21)10-12(14)11-16/h4-5,10H,6-9H2,1-3H3. The maximum Gasteiger partial charge on any atom is 0.270 e. The Morgan fingerprint density at radius 2 is 1.86 bits per heavy atom. The molecule has 0 aliphatic carbocycles. The molecule has 0 spiro atoms. The molecule has 0 N–H and O–H groups in total. The number of nitriles is 1. The van der Waals surface area contributed by atoms with Gasteiger partial charge in [-0.05, 0) is 26.8 Å².